The lowest BCUT2D eigenvalue weighted by Crippen LogP contribution is -2.46. The van der Waals surface area contributed by atoms with E-state index in [9.17, 15) is 19.8 Å². The number of allylic oxidation sites excluding steroid dienone is 10. The summed E-state index contributed by atoms with van der Waals surface area (Å²) < 4.78 is 5.90. The molecule has 0 spiro atoms. The highest BCUT2D eigenvalue weighted by Gasteiger charge is 2.24. The Balaban J connectivity index is 4.56. The molecule has 0 aliphatic rings. The van der Waals surface area contributed by atoms with Gasteiger partial charge in [0.15, 0.2) is 0 Å². The number of hydrogen-bond acceptors (Lipinski definition) is 5. The van der Waals surface area contributed by atoms with E-state index in [-0.39, 0.29) is 24.9 Å². The Hall–Kier alpha value is -2.44. The Morgan fingerprint density at radius 3 is 1.38 bits per heavy atom. The quantitative estimate of drug-likeness (QED) is 0.0246. The molecule has 0 saturated carbocycles. The van der Waals surface area contributed by atoms with Crippen molar-refractivity contribution in [1.82, 2.24) is 5.32 Å². The molecule has 0 radical (unpaired) electrons. The van der Waals surface area contributed by atoms with Gasteiger partial charge in [0, 0.05) is 6.42 Å². The number of carbonyl (C=O) groups excluding carboxylic acids is 2. The van der Waals surface area contributed by atoms with Crippen LogP contribution in [0.3, 0.4) is 0 Å². The van der Waals surface area contributed by atoms with Crippen molar-refractivity contribution >= 4 is 11.9 Å². The van der Waals surface area contributed by atoms with Crippen LogP contribution in [-0.4, -0.2) is 46.9 Å². The minimum Gasteiger partial charge on any atom is -0.462 e. The van der Waals surface area contributed by atoms with Gasteiger partial charge >= 0.3 is 5.97 Å². The lowest BCUT2D eigenvalue weighted by atomic mass is 10.0. The summed E-state index contributed by atoms with van der Waals surface area (Å²) >= 11 is 0. The van der Waals surface area contributed by atoms with E-state index in [1.54, 1.807) is 0 Å². The zero-order valence-electron chi connectivity index (χ0n) is 39.6. The Bertz CT molecular complexity index is 1080. The molecule has 348 valence electrons. The third-order valence-electron chi connectivity index (χ3n) is 11.4. The first-order valence-corrected chi connectivity index (χ1v) is 25.6. The molecule has 0 fully saturated rings. The third-order valence-corrected chi connectivity index (χ3v) is 11.4. The van der Waals surface area contributed by atoms with Crippen LogP contribution in [0.2, 0.25) is 0 Å². The lowest BCUT2D eigenvalue weighted by molar-refractivity contribution is -0.151. The zero-order valence-corrected chi connectivity index (χ0v) is 39.6. The number of ether oxygens (including phenoxy) is 1. The first-order valence-electron chi connectivity index (χ1n) is 25.6. The Morgan fingerprint density at radius 1 is 0.483 bits per heavy atom. The standard InChI is InChI=1S/C54H97NO5/c1-4-7-10-13-16-19-22-24-25-26-27-28-30-32-35-38-41-44-47-54(59)60-50(45-42-39-36-33-21-18-15-12-9-6-3)48-53(58)55-51(49-56)52(57)46-43-40-37-34-31-29-23-20-17-14-11-8-5-2/h16,18-19,21-22,24-28,50-52,56-57H,4-15,17,20,23,29-49H2,1-3H3,(H,55,58)/b19-16+,21-18-,24-22+,26-25+,28-27+. The first kappa shape index (κ1) is 57.6. The smallest absolute Gasteiger partial charge is 0.306 e. The highest BCUT2D eigenvalue weighted by atomic mass is 16.5. The number of carbonyl (C=O) groups is 2. The minimum absolute atomic E-state index is 0.0558. The van der Waals surface area contributed by atoms with E-state index in [0.29, 0.717) is 19.3 Å². The highest BCUT2D eigenvalue weighted by molar-refractivity contribution is 5.77. The number of esters is 1. The number of hydrogen-bond donors (Lipinski definition) is 3. The van der Waals surface area contributed by atoms with Crippen molar-refractivity contribution in [2.75, 3.05) is 6.61 Å². The van der Waals surface area contributed by atoms with Crippen LogP contribution >= 0.6 is 0 Å². The van der Waals surface area contributed by atoms with E-state index in [1.807, 2.05) is 0 Å². The molecule has 3 unspecified atom stereocenters. The molecule has 0 aliphatic heterocycles. The van der Waals surface area contributed by atoms with Crippen LogP contribution in [0.5, 0.6) is 0 Å². The molecule has 1 amide bonds. The van der Waals surface area contributed by atoms with Gasteiger partial charge in [-0.05, 0) is 77.0 Å². The SMILES string of the molecule is CCCCC/C=C\CCCCCC(CC(=O)NC(CO)C(O)CCCCCCCCCCCCCCC)OC(=O)CCCCCCC/C=C/C=C/C=C/C=C/CCCCC. The molecule has 0 aliphatic carbocycles. The van der Waals surface area contributed by atoms with Gasteiger partial charge in [-0.3, -0.25) is 9.59 Å². The van der Waals surface area contributed by atoms with Crippen LogP contribution in [0.15, 0.2) is 60.8 Å². The van der Waals surface area contributed by atoms with Gasteiger partial charge in [0.05, 0.1) is 25.2 Å². The number of unbranched alkanes of at least 4 members (excludes halogenated alkanes) is 26. The van der Waals surface area contributed by atoms with Gasteiger partial charge in [0.25, 0.3) is 0 Å². The molecular weight excluding hydrogens is 743 g/mol. The van der Waals surface area contributed by atoms with Gasteiger partial charge in [-0.15, -0.1) is 0 Å². The average Bonchev–Trinajstić information content (AvgIpc) is 3.24. The first-order chi connectivity index (χ1) is 29.5. The summed E-state index contributed by atoms with van der Waals surface area (Å²) in [6.07, 6.45) is 58.5. The van der Waals surface area contributed by atoms with Crippen molar-refractivity contribution < 1.29 is 24.5 Å². The predicted octanol–water partition coefficient (Wildman–Crippen LogP) is 15.2. The van der Waals surface area contributed by atoms with Crippen molar-refractivity contribution in [3.8, 4) is 0 Å². The second-order valence-corrected chi connectivity index (χ2v) is 17.3. The molecular formula is C54H97NO5. The largest absolute Gasteiger partial charge is 0.462 e. The molecule has 0 saturated heterocycles. The van der Waals surface area contributed by atoms with E-state index in [1.165, 1.54) is 103 Å². The fourth-order valence-corrected chi connectivity index (χ4v) is 7.49. The van der Waals surface area contributed by atoms with E-state index in [4.69, 9.17) is 4.74 Å². The second kappa shape index (κ2) is 47.6. The molecule has 0 bridgehead atoms. The average molecular weight is 840 g/mol. The molecule has 3 atom stereocenters. The van der Waals surface area contributed by atoms with Crippen molar-refractivity contribution in [3.05, 3.63) is 60.8 Å². The second-order valence-electron chi connectivity index (χ2n) is 17.3. The van der Waals surface area contributed by atoms with E-state index >= 15 is 0 Å². The van der Waals surface area contributed by atoms with Gasteiger partial charge in [-0.2, -0.15) is 0 Å². The molecule has 0 aromatic rings. The fourth-order valence-electron chi connectivity index (χ4n) is 7.49. The van der Waals surface area contributed by atoms with Crippen molar-refractivity contribution in [3.63, 3.8) is 0 Å². The highest BCUT2D eigenvalue weighted by Crippen LogP contribution is 2.17. The molecule has 0 aromatic carbocycles. The summed E-state index contributed by atoms with van der Waals surface area (Å²) in [4.78, 5) is 26.1. The summed E-state index contributed by atoms with van der Waals surface area (Å²) in [7, 11) is 0. The number of aliphatic hydroxyl groups excluding tert-OH is 2. The van der Waals surface area contributed by atoms with Crippen molar-refractivity contribution in [2.24, 2.45) is 0 Å². The zero-order chi connectivity index (χ0) is 43.8. The maximum absolute atomic E-state index is 13.2. The Morgan fingerprint density at radius 2 is 0.867 bits per heavy atom. The van der Waals surface area contributed by atoms with Crippen LogP contribution in [-0.2, 0) is 14.3 Å². The van der Waals surface area contributed by atoms with Gasteiger partial charge in [0.1, 0.15) is 6.10 Å². The predicted molar refractivity (Wildman–Crippen MR) is 259 cm³/mol. The summed E-state index contributed by atoms with van der Waals surface area (Å²) in [6, 6.07) is -0.711. The number of amides is 1. The van der Waals surface area contributed by atoms with Crippen LogP contribution in [0, 0.1) is 0 Å². The van der Waals surface area contributed by atoms with E-state index < -0.39 is 18.2 Å². The molecule has 0 rings (SSSR count). The van der Waals surface area contributed by atoms with Crippen LogP contribution < -0.4 is 5.32 Å². The minimum atomic E-state index is -0.796. The molecule has 3 N–H and O–H groups in total. The Kier molecular flexibility index (Phi) is 45.7. The van der Waals surface area contributed by atoms with Gasteiger partial charge in [0.2, 0.25) is 5.91 Å². The Labute approximate surface area is 371 Å². The van der Waals surface area contributed by atoms with Crippen LogP contribution in [0.25, 0.3) is 0 Å². The van der Waals surface area contributed by atoms with Gasteiger partial charge in [-0.25, -0.2) is 0 Å². The molecule has 60 heavy (non-hydrogen) atoms. The topological polar surface area (TPSA) is 95.9 Å². The monoisotopic (exact) mass is 840 g/mol. The third kappa shape index (κ3) is 42.3. The molecule has 0 heterocycles. The van der Waals surface area contributed by atoms with Crippen molar-refractivity contribution in [1.29, 1.82) is 0 Å². The maximum Gasteiger partial charge on any atom is 0.306 e. The fraction of sp³-hybridized carbons (Fsp3) is 0.778. The van der Waals surface area contributed by atoms with Gasteiger partial charge < -0.3 is 20.3 Å². The molecule has 0 aromatic heterocycles. The summed E-state index contributed by atoms with van der Waals surface area (Å²) in [5.41, 5.74) is 0. The van der Waals surface area contributed by atoms with Crippen LogP contribution in [0.1, 0.15) is 245 Å². The number of rotatable bonds is 45. The summed E-state index contributed by atoms with van der Waals surface area (Å²) in [6.45, 7) is 6.40. The van der Waals surface area contributed by atoms with Crippen molar-refractivity contribution in [2.45, 2.75) is 264 Å². The van der Waals surface area contributed by atoms with Gasteiger partial charge in [-0.1, -0.05) is 216 Å². The summed E-state index contributed by atoms with van der Waals surface area (Å²) in [5, 5.41) is 23.7. The van der Waals surface area contributed by atoms with E-state index in [2.05, 4.69) is 86.8 Å². The number of aliphatic hydroxyl groups is 2. The normalized spacial score (nSPS) is 13.8. The maximum atomic E-state index is 13.2. The number of nitrogens with one attached hydrogen (secondary N) is 1. The summed E-state index contributed by atoms with van der Waals surface area (Å²) in [5.74, 6) is -0.516. The van der Waals surface area contributed by atoms with Crippen LogP contribution in [0.4, 0.5) is 0 Å². The lowest BCUT2D eigenvalue weighted by Gasteiger charge is -2.24. The molecule has 6 nitrogen and oxygen atoms in total. The molecule has 6 heteroatoms. The van der Waals surface area contributed by atoms with E-state index in [0.717, 1.165) is 96.3 Å².